The number of esters is 1. The van der Waals surface area contributed by atoms with Crippen LogP contribution in [0, 0.1) is 6.92 Å². The maximum atomic E-state index is 12.8. The van der Waals surface area contributed by atoms with Crippen molar-refractivity contribution >= 4 is 44.2 Å². The van der Waals surface area contributed by atoms with Gasteiger partial charge in [0.1, 0.15) is 16.3 Å². The van der Waals surface area contributed by atoms with Crippen LogP contribution in [0.5, 0.6) is 5.75 Å². The number of rotatable bonds is 7. The predicted octanol–water partition coefficient (Wildman–Crippen LogP) is 4.51. The number of thiophene rings is 1. The molecule has 2 aromatic rings. The van der Waals surface area contributed by atoms with Crippen LogP contribution in [0.25, 0.3) is 10.1 Å². The van der Waals surface area contributed by atoms with Crippen molar-refractivity contribution in [1.82, 2.24) is 4.90 Å². The number of fused-ring (bicyclic) bond motifs is 1. The number of carbonyl (C=O) groups is 3. The molecule has 1 aromatic heterocycles. The minimum atomic E-state index is -0.492. The van der Waals surface area contributed by atoms with Crippen molar-refractivity contribution in [2.75, 3.05) is 25.1 Å². The highest BCUT2D eigenvalue weighted by Crippen LogP contribution is 2.43. The SMILES string of the molecule is CCOC(=O)c1c(NC(=O)CC)sc2c(OCC(=O)N3CCCCC3C)c(C)ccc12. The molecule has 31 heavy (non-hydrogen) atoms. The summed E-state index contributed by atoms with van der Waals surface area (Å²) in [6, 6.07) is 3.90. The fraction of sp³-hybridized carbons (Fsp3) is 0.522. The van der Waals surface area contributed by atoms with E-state index < -0.39 is 5.97 Å². The Hall–Kier alpha value is -2.61. The van der Waals surface area contributed by atoms with E-state index in [0.29, 0.717) is 32.8 Å². The minimum Gasteiger partial charge on any atom is -0.482 e. The summed E-state index contributed by atoms with van der Waals surface area (Å²) in [4.78, 5) is 39.3. The Kier molecular flexibility index (Phi) is 7.54. The number of ether oxygens (including phenoxy) is 2. The summed E-state index contributed by atoms with van der Waals surface area (Å²) in [7, 11) is 0. The van der Waals surface area contributed by atoms with Gasteiger partial charge < -0.3 is 19.7 Å². The third-order valence-electron chi connectivity index (χ3n) is 5.53. The molecule has 1 saturated heterocycles. The quantitative estimate of drug-likeness (QED) is 0.633. The van der Waals surface area contributed by atoms with Gasteiger partial charge in [-0.05, 0) is 45.6 Å². The minimum absolute atomic E-state index is 0.0368. The van der Waals surface area contributed by atoms with E-state index in [1.54, 1.807) is 13.8 Å². The molecule has 2 amide bonds. The van der Waals surface area contributed by atoms with Crippen LogP contribution in [-0.2, 0) is 14.3 Å². The molecule has 0 aliphatic carbocycles. The molecule has 1 atom stereocenters. The Morgan fingerprint density at radius 1 is 1.23 bits per heavy atom. The van der Waals surface area contributed by atoms with Crippen LogP contribution in [0.1, 0.15) is 62.4 Å². The monoisotopic (exact) mass is 446 g/mol. The van der Waals surface area contributed by atoms with Gasteiger partial charge in [0.05, 0.1) is 11.3 Å². The zero-order valence-corrected chi connectivity index (χ0v) is 19.4. The second-order valence-corrected chi connectivity index (χ2v) is 8.76. The lowest BCUT2D eigenvalue weighted by Crippen LogP contribution is -2.44. The van der Waals surface area contributed by atoms with Crippen LogP contribution >= 0.6 is 11.3 Å². The maximum absolute atomic E-state index is 12.8. The fourth-order valence-electron chi connectivity index (χ4n) is 3.81. The molecule has 0 saturated carbocycles. The van der Waals surface area contributed by atoms with Crippen LogP contribution in [0.2, 0.25) is 0 Å². The van der Waals surface area contributed by atoms with Crippen molar-refractivity contribution in [2.24, 2.45) is 0 Å². The Bertz CT molecular complexity index is 984. The molecule has 1 N–H and O–H groups in total. The number of amides is 2. The van der Waals surface area contributed by atoms with E-state index in [1.165, 1.54) is 11.3 Å². The number of likely N-dealkylation sites (tertiary alicyclic amines) is 1. The third kappa shape index (κ3) is 5.01. The molecular weight excluding hydrogens is 416 g/mol. The molecule has 0 radical (unpaired) electrons. The standard InChI is InChI=1S/C23H30N2O5S/c1-5-17(26)24-22-19(23(28)29-6-2)16-11-10-14(3)20(21(16)31-22)30-13-18(27)25-12-8-7-9-15(25)4/h10-11,15H,5-9,12-13H2,1-4H3,(H,24,26). The number of nitrogens with zero attached hydrogens (tertiary/aromatic N) is 1. The summed E-state index contributed by atoms with van der Waals surface area (Å²) in [5.74, 6) is -0.160. The molecule has 168 valence electrons. The molecule has 8 heteroatoms. The molecule has 7 nitrogen and oxygen atoms in total. The van der Waals surface area contributed by atoms with Gasteiger partial charge in [-0.1, -0.05) is 19.1 Å². The smallest absolute Gasteiger partial charge is 0.341 e. The number of hydrogen-bond donors (Lipinski definition) is 1. The summed E-state index contributed by atoms with van der Waals surface area (Å²) in [5.41, 5.74) is 1.18. The number of nitrogens with one attached hydrogen (secondary N) is 1. The predicted molar refractivity (Wildman–Crippen MR) is 122 cm³/mol. The van der Waals surface area contributed by atoms with Crippen molar-refractivity contribution in [2.45, 2.75) is 59.4 Å². The van der Waals surface area contributed by atoms with Crippen LogP contribution in [-0.4, -0.2) is 48.5 Å². The second-order valence-electron chi connectivity index (χ2n) is 7.74. The number of benzene rings is 1. The lowest BCUT2D eigenvalue weighted by molar-refractivity contribution is -0.136. The summed E-state index contributed by atoms with van der Waals surface area (Å²) in [6.07, 6.45) is 3.46. The van der Waals surface area contributed by atoms with E-state index in [9.17, 15) is 14.4 Å². The Morgan fingerprint density at radius 3 is 2.68 bits per heavy atom. The largest absolute Gasteiger partial charge is 0.482 e. The highest BCUT2D eigenvalue weighted by molar-refractivity contribution is 7.24. The molecule has 1 aliphatic heterocycles. The number of piperidine rings is 1. The van der Waals surface area contributed by atoms with Gasteiger partial charge in [0, 0.05) is 24.4 Å². The van der Waals surface area contributed by atoms with E-state index in [2.05, 4.69) is 12.2 Å². The lowest BCUT2D eigenvalue weighted by atomic mass is 10.0. The molecule has 2 heterocycles. The van der Waals surface area contributed by atoms with Gasteiger partial charge in [-0.2, -0.15) is 0 Å². The Morgan fingerprint density at radius 2 is 2.00 bits per heavy atom. The van der Waals surface area contributed by atoms with Gasteiger partial charge >= 0.3 is 5.97 Å². The zero-order chi connectivity index (χ0) is 22.5. The van der Waals surface area contributed by atoms with E-state index >= 15 is 0 Å². The van der Waals surface area contributed by atoms with E-state index in [0.717, 1.165) is 31.4 Å². The number of carbonyl (C=O) groups excluding carboxylic acids is 3. The zero-order valence-electron chi connectivity index (χ0n) is 18.6. The van der Waals surface area contributed by atoms with Crippen LogP contribution < -0.4 is 10.1 Å². The fourth-order valence-corrected chi connectivity index (χ4v) is 5.07. The molecule has 1 aromatic carbocycles. The van der Waals surface area contributed by atoms with Gasteiger partial charge in [-0.3, -0.25) is 9.59 Å². The molecule has 0 spiro atoms. The average molecular weight is 447 g/mol. The van der Waals surface area contributed by atoms with Crippen molar-refractivity contribution in [3.8, 4) is 5.75 Å². The summed E-state index contributed by atoms with van der Waals surface area (Å²) >= 11 is 1.27. The second kappa shape index (κ2) is 10.1. The third-order valence-corrected chi connectivity index (χ3v) is 6.65. The van der Waals surface area contributed by atoms with Crippen molar-refractivity contribution in [1.29, 1.82) is 0 Å². The summed E-state index contributed by atoms with van der Waals surface area (Å²) in [6.45, 7) is 8.38. The van der Waals surface area contributed by atoms with Crippen molar-refractivity contribution in [3.05, 3.63) is 23.3 Å². The number of anilines is 1. The first kappa shape index (κ1) is 23.1. The number of hydrogen-bond acceptors (Lipinski definition) is 6. The van der Waals surface area contributed by atoms with Gasteiger partial charge in [0.15, 0.2) is 6.61 Å². The van der Waals surface area contributed by atoms with Gasteiger partial charge in [-0.25, -0.2) is 4.79 Å². The topological polar surface area (TPSA) is 84.9 Å². The molecule has 3 rings (SSSR count). The van der Waals surface area contributed by atoms with Crippen molar-refractivity contribution in [3.63, 3.8) is 0 Å². The first-order chi connectivity index (χ1) is 14.9. The molecule has 1 aliphatic rings. The van der Waals surface area contributed by atoms with E-state index in [1.807, 2.05) is 24.0 Å². The highest BCUT2D eigenvalue weighted by atomic mass is 32.1. The number of aryl methyl sites for hydroxylation is 1. The van der Waals surface area contributed by atoms with Crippen molar-refractivity contribution < 1.29 is 23.9 Å². The lowest BCUT2D eigenvalue weighted by Gasteiger charge is -2.33. The summed E-state index contributed by atoms with van der Waals surface area (Å²) < 4.78 is 11.9. The summed E-state index contributed by atoms with van der Waals surface area (Å²) in [5, 5.41) is 3.89. The Labute approximate surface area is 186 Å². The van der Waals surface area contributed by atoms with Gasteiger partial charge in [-0.15, -0.1) is 11.3 Å². The average Bonchev–Trinajstić information content (AvgIpc) is 3.11. The normalized spacial score (nSPS) is 16.3. The van der Waals surface area contributed by atoms with E-state index in [-0.39, 0.29) is 31.1 Å². The molecular formula is C23H30N2O5S. The first-order valence-electron chi connectivity index (χ1n) is 10.8. The molecule has 0 bridgehead atoms. The Balaban J connectivity index is 1.94. The van der Waals surface area contributed by atoms with Gasteiger partial charge in [0.25, 0.3) is 5.91 Å². The van der Waals surface area contributed by atoms with E-state index in [4.69, 9.17) is 9.47 Å². The van der Waals surface area contributed by atoms with Crippen LogP contribution in [0.15, 0.2) is 12.1 Å². The van der Waals surface area contributed by atoms with Crippen LogP contribution in [0.3, 0.4) is 0 Å². The molecule has 1 unspecified atom stereocenters. The molecule has 1 fully saturated rings. The first-order valence-corrected chi connectivity index (χ1v) is 11.6. The van der Waals surface area contributed by atoms with Gasteiger partial charge in [0.2, 0.25) is 5.91 Å². The maximum Gasteiger partial charge on any atom is 0.341 e. The highest BCUT2D eigenvalue weighted by Gasteiger charge is 2.26. The van der Waals surface area contributed by atoms with Crippen LogP contribution in [0.4, 0.5) is 5.00 Å².